The maximum atomic E-state index is 13.0. The number of anilines is 1. The van der Waals surface area contributed by atoms with Crippen molar-refractivity contribution in [3.05, 3.63) is 59.4 Å². The number of carbonyl (C=O) groups excluding carboxylic acids is 3. The molecule has 0 radical (unpaired) electrons. The molecule has 1 aliphatic heterocycles. The van der Waals surface area contributed by atoms with Crippen LogP contribution in [-0.4, -0.2) is 52.2 Å². The Labute approximate surface area is 217 Å². The third-order valence-electron chi connectivity index (χ3n) is 5.66. The first-order valence-corrected chi connectivity index (χ1v) is 12.5. The van der Waals surface area contributed by atoms with Crippen molar-refractivity contribution in [2.45, 2.75) is 25.0 Å². The first-order chi connectivity index (χ1) is 17.8. The molecule has 2 N–H and O–H groups in total. The molecule has 2 aromatic carbocycles. The molecule has 0 bridgehead atoms. The number of nitrogens with one attached hydrogen (secondary N) is 2. The fourth-order valence-corrected chi connectivity index (χ4v) is 4.37. The van der Waals surface area contributed by atoms with Gasteiger partial charge in [0.2, 0.25) is 12.7 Å². The minimum Gasteiger partial charge on any atom is -0.465 e. The SMILES string of the molecule is COC(=O)c1ccc(NC(=O)CSc2nnc(C(NC(=O)c3ccc4c(c3)OCO4)C(C)C)n2C)cc1. The van der Waals surface area contributed by atoms with E-state index in [1.54, 1.807) is 54.1 Å². The van der Waals surface area contributed by atoms with Crippen molar-refractivity contribution in [1.82, 2.24) is 20.1 Å². The number of rotatable bonds is 9. The highest BCUT2D eigenvalue weighted by Gasteiger charge is 2.26. The van der Waals surface area contributed by atoms with Crippen LogP contribution in [0.3, 0.4) is 0 Å². The third-order valence-corrected chi connectivity index (χ3v) is 6.68. The van der Waals surface area contributed by atoms with E-state index in [1.807, 2.05) is 13.8 Å². The van der Waals surface area contributed by atoms with E-state index in [1.165, 1.54) is 18.9 Å². The Kier molecular flexibility index (Phi) is 7.97. The maximum absolute atomic E-state index is 13.0. The lowest BCUT2D eigenvalue weighted by molar-refractivity contribution is -0.113. The van der Waals surface area contributed by atoms with Crippen LogP contribution in [0, 0.1) is 5.92 Å². The lowest BCUT2D eigenvalue weighted by Gasteiger charge is -2.21. The summed E-state index contributed by atoms with van der Waals surface area (Å²) in [6.07, 6.45) is 0. The van der Waals surface area contributed by atoms with Crippen molar-refractivity contribution in [1.29, 1.82) is 0 Å². The molecule has 37 heavy (non-hydrogen) atoms. The molecule has 3 aromatic rings. The van der Waals surface area contributed by atoms with Gasteiger partial charge < -0.3 is 29.4 Å². The second-order valence-corrected chi connectivity index (χ2v) is 9.51. The van der Waals surface area contributed by atoms with E-state index in [0.29, 0.717) is 39.3 Å². The number of aromatic nitrogens is 3. The summed E-state index contributed by atoms with van der Waals surface area (Å²) < 4.78 is 17.1. The summed E-state index contributed by atoms with van der Waals surface area (Å²) in [5, 5.41) is 14.9. The van der Waals surface area contributed by atoms with Crippen LogP contribution in [-0.2, 0) is 16.6 Å². The van der Waals surface area contributed by atoms with Gasteiger partial charge in [-0.2, -0.15) is 0 Å². The van der Waals surface area contributed by atoms with Gasteiger partial charge in [0.25, 0.3) is 5.91 Å². The van der Waals surface area contributed by atoms with Crippen molar-refractivity contribution in [3.8, 4) is 11.5 Å². The van der Waals surface area contributed by atoms with Gasteiger partial charge in [0.15, 0.2) is 22.5 Å². The zero-order valence-electron chi connectivity index (χ0n) is 20.8. The predicted molar refractivity (Wildman–Crippen MR) is 136 cm³/mol. The highest BCUT2D eigenvalue weighted by molar-refractivity contribution is 7.99. The Morgan fingerprint density at radius 3 is 2.46 bits per heavy atom. The van der Waals surface area contributed by atoms with Gasteiger partial charge in [-0.1, -0.05) is 25.6 Å². The van der Waals surface area contributed by atoms with Crippen LogP contribution in [0.5, 0.6) is 11.5 Å². The molecule has 1 atom stereocenters. The summed E-state index contributed by atoms with van der Waals surface area (Å²) in [6.45, 7) is 4.09. The molecule has 0 saturated heterocycles. The smallest absolute Gasteiger partial charge is 0.337 e. The number of amides is 2. The number of hydrogen-bond donors (Lipinski definition) is 2. The molecule has 1 aromatic heterocycles. The Hall–Kier alpha value is -4.06. The molecular weight excluding hydrogens is 498 g/mol. The second-order valence-electron chi connectivity index (χ2n) is 8.57. The molecule has 1 aliphatic rings. The van der Waals surface area contributed by atoms with E-state index < -0.39 is 12.0 Å². The van der Waals surface area contributed by atoms with E-state index in [0.717, 1.165) is 0 Å². The van der Waals surface area contributed by atoms with Crippen LogP contribution in [0.15, 0.2) is 47.6 Å². The molecule has 0 fully saturated rings. The van der Waals surface area contributed by atoms with E-state index >= 15 is 0 Å². The first-order valence-electron chi connectivity index (χ1n) is 11.5. The van der Waals surface area contributed by atoms with E-state index in [9.17, 15) is 14.4 Å². The molecule has 2 heterocycles. The molecule has 194 valence electrons. The Bertz CT molecular complexity index is 1310. The highest BCUT2D eigenvalue weighted by atomic mass is 32.2. The van der Waals surface area contributed by atoms with Gasteiger partial charge >= 0.3 is 5.97 Å². The molecular formula is C25H27N5O6S. The fraction of sp³-hybridized carbons (Fsp3) is 0.320. The Morgan fingerprint density at radius 1 is 1.05 bits per heavy atom. The number of fused-ring (bicyclic) bond motifs is 1. The molecule has 4 rings (SSSR count). The Morgan fingerprint density at radius 2 is 1.76 bits per heavy atom. The molecule has 0 aliphatic carbocycles. The summed E-state index contributed by atoms with van der Waals surface area (Å²) in [7, 11) is 3.10. The van der Waals surface area contributed by atoms with Crippen LogP contribution in [0.2, 0.25) is 0 Å². The van der Waals surface area contributed by atoms with Crippen LogP contribution in [0.1, 0.15) is 46.4 Å². The van der Waals surface area contributed by atoms with Gasteiger partial charge in [0, 0.05) is 18.3 Å². The number of carbonyl (C=O) groups is 3. The number of ether oxygens (including phenoxy) is 3. The van der Waals surface area contributed by atoms with Crippen LogP contribution < -0.4 is 20.1 Å². The zero-order chi connectivity index (χ0) is 26.5. The lowest BCUT2D eigenvalue weighted by atomic mass is 10.0. The first kappa shape index (κ1) is 26.0. The number of methoxy groups -OCH3 is 1. The molecule has 0 spiro atoms. The van der Waals surface area contributed by atoms with Gasteiger partial charge in [0.1, 0.15) is 0 Å². The normalized spacial score (nSPS) is 12.8. The van der Waals surface area contributed by atoms with E-state index in [-0.39, 0.29) is 30.3 Å². The quantitative estimate of drug-likeness (QED) is 0.319. The van der Waals surface area contributed by atoms with E-state index in [4.69, 9.17) is 9.47 Å². The summed E-state index contributed by atoms with van der Waals surface area (Å²) >= 11 is 1.22. The largest absolute Gasteiger partial charge is 0.465 e. The second kappa shape index (κ2) is 11.3. The number of esters is 1. The topological polar surface area (TPSA) is 134 Å². The molecule has 1 unspecified atom stereocenters. The minimum atomic E-state index is -0.446. The van der Waals surface area contributed by atoms with Crippen LogP contribution in [0.4, 0.5) is 5.69 Å². The maximum Gasteiger partial charge on any atom is 0.337 e. The molecule has 0 saturated carbocycles. The number of hydrogen-bond acceptors (Lipinski definition) is 9. The minimum absolute atomic E-state index is 0.0231. The van der Waals surface area contributed by atoms with E-state index in [2.05, 4.69) is 25.6 Å². The molecule has 2 amide bonds. The summed E-state index contributed by atoms with van der Waals surface area (Å²) in [5.74, 6) is 0.876. The van der Waals surface area contributed by atoms with Crippen molar-refractivity contribution < 1.29 is 28.6 Å². The van der Waals surface area contributed by atoms with Gasteiger partial charge in [-0.3, -0.25) is 9.59 Å². The molecule has 12 heteroatoms. The predicted octanol–water partition coefficient (Wildman–Crippen LogP) is 3.19. The van der Waals surface area contributed by atoms with Crippen molar-refractivity contribution in [2.75, 3.05) is 25.0 Å². The number of thioether (sulfide) groups is 1. The number of nitrogens with zero attached hydrogens (tertiary/aromatic N) is 3. The summed E-state index contributed by atoms with van der Waals surface area (Å²) in [4.78, 5) is 37.0. The van der Waals surface area contributed by atoms with Crippen molar-refractivity contribution in [3.63, 3.8) is 0 Å². The van der Waals surface area contributed by atoms with Gasteiger partial charge in [-0.15, -0.1) is 10.2 Å². The Balaban J connectivity index is 1.37. The number of benzene rings is 2. The summed E-state index contributed by atoms with van der Waals surface area (Å²) in [5.41, 5.74) is 1.40. The van der Waals surface area contributed by atoms with Crippen molar-refractivity contribution in [2.24, 2.45) is 13.0 Å². The average molecular weight is 526 g/mol. The standard InChI is InChI=1S/C25H27N5O6S/c1-14(2)21(27-23(32)16-7-10-18-19(11-16)36-13-35-18)22-28-29-25(30(22)3)37-12-20(31)26-17-8-5-15(6-9-17)24(33)34-4/h5-11,14,21H,12-13H2,1-4H3,(H,26,31)(H,27,32). The highest BCUT2D eigenvalue weighted by Crippen LogP contribution is 2.33. The monoisotopic (exact) mass is 525 g/mol. The van der Waals surface area contributed by atoms with Gasteiger partial charge in [0.05, 0.1) is 24.5 Å². The zero-order valence-corrected chi connectivity index (χ0v) is 21.6. The molecule has 11 nitrogen and oxygen atoms in total. The van der Waals surface area contributed by atoms with Crippen LogP contribution in [0.25, 0.3) is 0 Å². The average Bonchev–Trinajstić information content (AvgIpc) is 3.51. The van der Waals surface area contributed by atoms with Gasteiger partial charge in [-0.25, -0.2) is 4.79 Å². The fourth-order valence-electron chi connectivity index (χ4n) is 3.65. The third kappa shape index (κ3) is 6.02. The lowest BCUT2D eigenvalue weighted by Crippen LogP contribution is -2.33. The van der Waals surface area contributed by atoms with Crippen molar-refractivity contribution >= 4 is 35.2 Å². The van der Waals surface area contributed by atoms with Gasteiger partial charge in [-0.05, 0) is 48.4 Å². The van der Waals surface area contributed by atoms with Crippen LogP contribution >= 0.6 is 11.8 Å². The summed E-state index contributed by atoms with van der Waals surface area (Å²) in [6, 6.07) is 11.0.